The molecule has 1 saturated heterocycles. The Balaban J connectivity index is 2.11. The molecule has 1 heterocycles. The van der Waals surface area contributed by atoms with Gasteiger partial charge in [-0.3, -0.25) is 0 Å². The van der Waals surface area contributed by atoms with Crippen LogP contribution in [0.3, 0.4) is 0 Å². The number of rotatable bonds is 5. The van der Waals surface area contributed by atoms with Crippen LogP contribution in [0.1, 0.15) is 6.42 Å². The molecule has 122 valence electrons. The molecule has 0 saturated carbocycles. The molecule has 22 heavy (non-hydrogen) atoms. The van der Waals surface area contributed by atoms with Crippen molar-refractivity contribution >= 4 is 32.9 Å². The first-order valence-corrected chi connectivity index (χ1v) is 9.17. The van der Waals surface area contributed by atoms with Gasteiger partial charge in [0.25, 0.3) is 0 Å². The molecule has 0 amide bonds. The Hall–Kier alpha value is -1.25. The Bertz CT molecular complexity index is 637. The highest BCUT2D eigenvalue weighted by molar-refractivity contribution is 7.91. The van der Waals surface area contributed by atoms with Crippen LogP contribution in [0.4, 0.5) is 10.1 Å². The van der Waals surface area contributed by atoms with Crippen LogP contribution in [0.15, 0.2) is 24.3 Å². The predicted octanol–water partition coefficient (Wildman–Crippen LogP) is 1.66. The van der Waals surface area contributed by atoms with Crippen molar-refractivity contribution in [3.63, 3.8) is 0 Å². The number of para-hydroxylation sites is 1. The molecule has 0 spiro atoms. The third kappa shape index (κ3) is 4.37. The minimum Gasteiger partial charge on any atom is -0.383 e. The second-order valence-corrected chi connectivity index (χ2v) is 7.77. The molecule has 1 aliphatic heterocycles. The van der Waals surface area contributed by atoms with E-state index in [-0.39, 0.29) is 23.2 Å². The van der Waals surface area contributed by atoms with Gasteiger partial charge in [-0.2, -0.15) is 0 Å². The van der Waals surface area contributed by atoms with E-state index in [1.54, 1.807) is 30.2 Å². The molecule has 8 heteroatoms. The summed E-state index contributed by atoms with van der Waals surface area (Å²) in [5.74, 6) is -0.185. The van der Waals surface area contributed by atoms with Crippen LogP contribution in [0, 0.1) is 5.82 Å². The summed E-state index contributed by atoms with van der Waals surface area (Å²) in [7, 11) is -1.46. The van der Waals surface area contributed by atoms with E-state index in [0.717, 1.165) is 0 Å². The van der Waals surface area contributed by atoms with Gasteiger partial charge < -0.3 is 15.0 Å². The zero-order valence-electron chi connectivity index (χ0n) is 12.3. The van der Waals surface area contributed by atoms with E-state index in [9.17, 15) is 12.8 Å². The lowest BCUT2D eigenvalue weighted by atomic mass is 10.2. The first-order chi connectivity index (χ1) is 10.4. The SMILES string of the molecule is COCCN(C(=S)Nc1ccccc1F)[C@@H]1CCS(=O)(=O)C1. The second kappa shape index (κ2) is 7.34. The molecule has 0 bridgehead atoms. The summed E-state index contributed by atoms with van der Waals surface area (Å²) in [6.45, 7) is 0.868. The number of hydrogen-bond donors (Lipinski definition) is 1. The lowest BCUT2D eigenvalue weighted by Crippen LogP contribution is -2.45. The zero-order chi connectivity index (χ0) is 16.2. The van der Waals surface area contributed by atoms with Gasteiger partial charge in [-0.15, -0.1) is 0 Å². The Labute approximate surface area is 135 Å². The zero-order valence-corrected chi connectivity index (χ0v) is 13.9. The van der Waals surface area contributed by atoms with Crippen molar-refractivity contribution < 1.29 is 17.5 Å². The Morgan fingerprint density at radius 1 is 1.50 bits per heavy atom. The third-order valence-corrected chi connectivity index (χ3v) is 5.65. The second-order valence-electron chi connectivity index (χ2n) is 5.15. The van der Waals surface area contributed by atoms with E-state index < -0.39 is 15.7 Å². The number of benzene rings is 1. The van der Waals surface area contributed by atoms with E-state index in [1.807, 2.05) is 0 Å². The molecule has 1 aliphatic rings. The summed E-state index contributed by atoms with van der Waals surface area (Å²) >= 11 is 5.34. The van der Waals surface area contributed by atoms with Gasteiger partial charge in [0.15, 0.2) is 14.9 Å². The maximum Gasteiger partial charge on any atom is 0.173 e. The third-order valence-electron chi connectivity index (χ3n) is 3.56. The summed E-state index contributed by atoms with van der Waals surface area (Å²) < 4.78 is 42.1. The smallest absolute Gasteiger partial charge is 0.173 e. The van der Waals surface area contributed by atoms with Gasteiger partial charge >= 0.3 is 0 Å². The Kier molecular flexibility index (Phi) is 5.71. The predicted molar refractivity (Wildman–Crippen MR) is 88.3 cm³/mol. The molecule has 0 unspecified atom stereocenters. The van der Waals surface area contributed by atoms with Gasteiger partial charge in [-0.1, -0.05) is 12.1 Å². The molecule has 5 nitrogen and oxygen atoms in total. The molecule has 1 aromatic rings. The number of halogens is 1. The fourth-order valence-corrected chi connectivity index (χ4v) is 4.49. The van der Waals surface area contributed by atoms with Crippen molar-refractivity contribution in [1.29, 1.82) is 0 Å². The van der Waals surface area contributed by atoms with Crippen molar-refractivity contribution in [2.24, 2.45) is 0 Å². The number of thiocarbonyl (C=S) groups is 1. The monoisotopic (exact) mass is 346 g/mol. The van der Waals surface area contributed by atoms with E-state index >= 15 is 0 Å². The number of nitrogens with one attached hydrogen (secondary N) is 1. The van der Waals surface area contributed by atoms with Crippen LogP contribution < -0.4 is 5.32 Å². The highest BCUT2D eigenvalue weighted by Crippen LogP contribution is 2.20. The van der Waals surface area contributed by atoms with Crippen molar-refractivity contribution in [3.05, 3.63) is 30.1 Å². The quantitative estimate of drug-likeness (QED) is 0.819. The Morgan fingerprint density at radius 3 is 2.82 bits per heavy atom. The molecule has 0 aromatic heterocycles. The summed E-state index contributed by atoms with van der Waals surface area (Å²) in [6, 6.07) is 6.02. The average Bonchev–Trinajstić information content (AvgIpc) is 2.82. The van der Waals surface area contributed by atoms with E-state index in [0.29, 0.717) is 24.7 Å². The molecule has 2 rings (SSSR count). The number of nitrogens with zero attached hydrogens (tertiary/aromatic N) is 1. The first kappa shape index (κ1) is 17.1. The van der Waals surface area contributed by atoms with Gasteiger partial charge in [0.1, 0.15) is 5.82 Å². The first-order valence-electron chi connectivity index (χ1n) is 6.94. The largest absolute Gasteiger partial charge is 0.383 e. The molecule has 1 fully saturated rings. The lowest BCUT2D eigenvalue weighted by molar-refractivity contribution is 0.166. The van der Waals surface area contributed by atoms with E-state index in [1.165, 1.54) is 6.07 Å². The van der Waals surface area contributed by atoms with Crippen molar-refractivity contribution in [2.75, 3.05) is 37.1 Å². The average molecular weight is 346 g/mol. The summed E-state index contributed by atoms with van der Waals surface area (Å²) in [5, 5.41) is 3.16. The molecule has 1 atom stereocenters. The summed E-state index contributed by atoms with van der Waals surface area (Å²) in [5.41, 5.74) is 0.274. The van der Waals surface area contributed by atoms with Gasteiger partial charge in [0.2, 0.25) is 0 Å². The normalized spacial score (nSPS) is 19.8. The molecule has 0 radical (unpaired) electrons. The topological polar surface area (TPSA) is 58.6 Å². The number of anilines is 1. The lowest BCUT2D eigenvalue weighted by Gasteiger charge is -2.30. The van der Waals surface area contributed by atoms with Crippen LogP contribution in [0.25, 0.3) is 0 Å². The molecular weight excluding hydrogens is 327 g/mol. The number of ether oxygens (including phenoxy) is 1. The fraction of sp³-hybridized carbons (Fsp3) is 0.500. The van der Waals surface area contributed by atoms with E-state index in [4.69, 9.17) is 17.0 Å². The number of hydrogen-bond acceptors (Lipinski definition) is 4. The van der Waals surface area contributed by atoms with Crippen LogP contribution >= 0.6 is 12.2 Å². The standard InChI is InChI=1S/C14H19FN2O3S2/c1-20-8-7-17(11-6-9-22(18,19)10-11)14(21)16-13-5-3-2-4-12(13)15/h2-5,11H,6-10H2,1H3,(H,16,21)/t11-/m1/s1. The molecular formula is C14H19FN2O3S2. The van der Waals surface area contributed by atoms with Crippen LogP contribution in [0.5, 0.6) is 0 Å². The molecule has 1 N–H and O–H groups in total. The van der Waals surface area contributed by atoms with Gasteiger partial charge in [0, 0.05) is 19.7 Å². The molecule has 0 aliphatic carbocycles. The minimum atomic E-state index is -3.02. The summed E-state index contributed by atoms with van der Waals surface area (Å²) in [4.78, 5) is 1.77. The van der Waals surface area contributed by atoms with Crippen LogP contribution in [-0.4, -0.2) is 56.2 Å². The molecule has 1 aromatic carbocycles. The fourth-order valence-electron chi connectivity index (χ4n) is 2.41. The van der Waals surface area contributed by atoms with Crippen molar-refractivity contribution in [1.82, 2.24) is 4.90 Å². The minimum absolute atomic E-state index is 0.0653. The summed E-state index contributed by atoms with van der Waals surface area (Å²) in [6.07, 6.45) is 0.519. The van der Waals surface area contributed by atoms with Gasteiger partial charge in [-0.05, 0) is 30.8 Å². The van der Waals surface area contributed by atoms with Crippen molar-refractivity contribution in [2.45, 2.75) is 12.5 Å². The number of sulfone groups is 1. The van der Waals surface area contributed by atoms with Crippen LogP contribution in [-0.2, 0) is 14.6 Å². The highest BCUT2D eigenvalue weighted by atomic mass is 32.2. The van der Waals surface area contributed by atoms with Crippen LogP contribution in [0.2, 0.25) is 0 Å². The van der Waals surface area contributed by atoms with Gasteiger partial charge in [-0.25, -0.2) is 12.8 Å². The highest BCUT2D eigenvalue weighted by Gasteiger charge is 2.33. The van der Waals surface area contributed by atoms with E-state index in [2.05, 4.69) is 5.32 Å². The van der Waals surface area contributed by atoms with Gasteiger partial charge in [0.05, 0.1) is 23.8 Å². The maximum atomic E-state index is 13.7. The number of methoxy groups -OCH3 is 1. The van der Waals surface area contributed by atoms with Crippen molar-refractivity contribution in [3.8, 4) is 0 Å². The maximum absolute atomic E-state index is 13.7. The Morgan fingerprint density at radius 2 is 2.23 bits per heavy atom.